The van der Waals surface area contributed by atoms with Gasteiger partial charge in [0, 0.05) is 39.2 Å². The summed E-state index contributed by atoms with van der Waals surface area (Å²) in [6.07, 6.45) is 0. The number of hydrogen-bond acceptors (Lipinski definition) is 3. The molecule has 240 valence electrons. The molecule has 0 amide bonds. The van der Waals surface area contributed by atoms with Crippen LogP contribution in [0.15, 0.2) is 197 Å². The van der Waals surface area contributed by atoms with Gasteiger partial charge in [-0.05, 0) is 82.4 Å². The number of fused-ring (bicyclic) bond motifs is 6. The number of furan rings is 2. The van der Waals surface area contributed by atoms with E-state index in [1.54, 1.807) is 0 Å². The summed E-state index contributed by atoms with van der Waals surface area (Å²) in [5.41, 5.74) is 13.3. The molecule has 8 aromatic carbocycles. The monoisotopic (exact) mass is 653 g/mol. The van der Waals surface area contributed by atoms with E-state index in [2.05, 4.69) is 175 Å². The van der Waals surface area contributed by atoms with Crippen molar-refractivity contribution in [3.63, 3.8) is 0 Å². The second kappa shape index (κ2) is 11.9. The molecule has 0 atom stereocenters. The lowest BCUT2D eigenvalue weighted by molar-refractivity contribution is 0.669. The number of para-hydroxylation sites is 1. The molecule has 2 heterocycles. The van der Waals surface area contributed by atoms with E-state index in [9.17, 15) is 0 Å². The van der Waals surface area contributed by atoms with Gasteiger partial charge in [-0.3, -0.25) is 0 Å². The standard InChI is InChI=1S/C48H31NO2/c1-4-12-32(13-5-1)34-20-23-37(24-21-34)49(38-25-27-41-40-26-22-36(33-14-6-2-7-15-33)30-45(40)50-46(41)31-38)43-29-28-39(35-16-8-3-9-17-35)48-47(43)42-18-10-11-19-44(42)51-48/h1-31H. The summed E-state index contributed by atoms with van der Waals surface area (Å²) in [5.74, 6) is 0. The average Bonchev–Trinajstić information content (AvgIpc) is 3.78. The molecule has 0 aliphatic carbocycles. The summed E-state index contributed by atoms with van der Waals surface area (Å²) in [6.45, 7) is 0. The fourth-order valence-electron chi connectivity index (χ4n) is 7.42. The van der Waals surface area contributed by atoms with E-state index in [4.69, 9.17) is 8.83 Å². The Morgan fingerprint density at radius 1 is 0.333 bits per heavy atom. The maximum Gasteiger partial charge on any atom is 0.145 e. The first-order valence-electron chi connectivity index (χ1n) is 17.3. The number of benzene rings is 8. The van der Waals surface area contributed by atoms with E-state index in [1.165, 1.54) is 16.7 Å². The molecule has 0 unspecified atom stereocenters. The highest BCUT2D eigenvalue weighted by Gasteiger charge is 2.23. The zero-order valence-electron chi connectivity index (χ0n) is 27.7. The fourth-order valence-corrected chi connectivity index (χ4v) is 7.42. The van der Waals surface area contributed by atoms with E-state index in [0.29, 0.717) is 0 Å². The summed E-state index contributed by atoms with van der Waals surface area (Å²) in [4.78, 5) is 2.33. The molecule has 0 N–H and O–H groups in total. The van der Waals surface area contributed by atoms with Crippen molar-refractivity contribution in [3.8, 4) is 33.4 Å². The quantitative estimate of drug-likeness (QED) is 0.179. The smallest absolute Gasteiger partial charge is 0.145 e. The first-order chi connectivity index (χ1) is 25.3. The van der Waals surface area contributed by atoms with Crippen molar-refractivity contribution >= 4 is 60.9 Å². The van der Waals surface area contributed by atoms with Crippen LogP contribution in [0.3, 0.4) is 0 Å². The summed E-state index contributed by atoms with van der Waals surface area (Å²) >= 11 is 0. The van der Waals surface area contributed by atoms with Gasteiger partial charge in [-0.1, -0.05) is 127 Å². The molecule has 0 bridgehead atoms. The Morgan fingerprint density at radius 3 is 1.61 bits per heavy atom. The van der Waals surface area contributed by atoms with Gasteiger partial charge < -0.3 is 13.7 Å². The predicted octanol–water partition coefficient (Wildman–Crippen LogP) is 14.0. The molecule has 10 aromatic rings. The molecular weight excluding hydrogens is 623 g/mol. The molecule has 3 heteroatoms. The van der Waals surface area contributed by atoms with Crippen molar-refractivity contribution < 1.29 is 8.83 Å². The van der Waals surface area contributed by atoms with Crippen molar-refractivity contribution in [1.29, 1.82) is 0 Å². The van der Waals surface area contributed by atoms with E-state index in [1.807, 2.05) is 18.2 Å². The van der Waals surface area contributed by atoms with E-state index >= 15 is 0 Å². The number of rotatable bonds is 6. The molecule has 0 saturated carbocycles. The lowest BCUT2D eigenvalue weighted by Gasteiger charge is -2.27. The van der Waals surface area contributed by atoms with Gasteiger partial charge in [0.25, 0.3) is 0 Å². The molecule has 2 aromatic heterocycles. The van der Waals surface area contributed by atoms with Gasteiger partial charge in [0.2, 0.25) is 0 Å². The highest BCUT2D eigenvalue weighted by Crippen LogP contribution is 2.47. The van der Waals surface area contributed by atoms with E-state index in [0.717, 1.165) is 77.6 Å². The second-order valence-electron chi connectivity index (χ2n) is 12.9. The first-order valence-corrected chi connectivity index (χ1v) is 17.3. The van der Waals surface area contributed by atoms with Gasteiger partial charge in [-0.25, -0.2) is 0 Å². The van der Waals surface area contributed by atoms with Crippen LogP contribution in [0, 0.1) is 0 Å². The largest absolute Gasteiger partial charge is 0.456 e. The third-order valence-electron chi connectivity index (χ3n) is 9.88. The molecule has 0 aliphatic rings. The SMILES string of the molecule is c1ccc(-c2ccc(N(c3ccc4c(c3)oc3cc(-c5ccccc5)ccc34)c3ccc(-c4ccccc4)c4oc5ccccc5c34)cc2)cc1. The van der Waals surface area contributed by atoms with Crippen LogP contribution < -0.4 is 4.90 Å². The Kier molecular flexibility index (Phi) is 6.81. The Balaban J connectivity index is 1.19. The second-order valence-corrected chi connectivity index (χ2v) is 12.9. The Labute approximate surface area is 295 Å². The highest BCUT2D eigenvalue weighted by molar-refractivity contribution is 6.17. The first kappa shape index (κ1) is 29.1. The Bertz CT molecular complexity index is 2830. The van der Waals surface area contributed by atoms with Crippen LogP contribution in [-0.2, 0) is 0 Å². The normalized spacial score (nSPS) is 11.5. The van der Waals surface area contributed by atoms with Crippen molar-refractivity contribution in [2.45, 2.75) is 0 Å². The summed E-state index contributed by atoms with van der Waals surface area (Å²) in [6, 6.07) is 66.0. The average molecular weight is 654 g/mol. The molecule has 0 radical (unpaired) electrons. The lowest BCUT2D eigenvalue weighted by Crippen LogP contribution is -2.10. The topological polar surface area (TPSA) is 29.5 Å². The van der Waals surface area contributed by atoms with Gasteiger partial charge in [-0.2, -0.15) is 0 Å². The van der Waals surface area contributed by atoms with Gasteiger partial charge in [0.15, 0.2) is 0 Å². The number of hydrogen-bond donors (Lipinski definition) is 0. The maximum absolute atomic E-state index is 6.69. The minimum Gasteiger partial charge on any atom is -0.456 e. The van der Waals surface area contributed by atoms with Crippen LogP contribution in [0.2, 0.25) is 0 Å². The number of anilines is 3. The van der Waals surface area contributed by atoms with Crippen LogP contribution in [0.5, 0.6) is 0 Å². The fraction of sp³-hybridized carbons (Fsp3) is 0. The van der Waals surface area contributed by atoms with Crippen molar-refractivity contribution in [2.75, 3.05) is 4.90 Å². The summed E-state index contributed by atoms with van der Waals surface area (Å²) in [7, 11) is 0. The third-order valence-corrected chi connectivity index (χ3v) is 9.88. The maximum atomic E-state index is 6.69. The predicted molar refractivity (Wildman–Crippen MR) is 212 cm³/mol. The highest BCUT2D eigenvalue weighted by atomic mass is 16.3. The van der Waals surface area contributed by atoms with Crippen LogP contribution in [0.4, 0.5) is 17.1 Å². The van der Waals surface area contributed by atoms with Crippen molar-refractivity contribution in [2.24, 2.45) is 0 Å². The zero-order chi connectivity index (χ0) is 33.7. The van der Waals surface area contributed by atoms with E-state index in [-0.39, 0.29) is 0 Å². The molecule has 51 heavy (non-hydrogen) atoms. The van der Waals surface area contributed by atoms with Crippen LogP contribution in [0.25, 0.3) is 77.3 Å². The third kappa shape index (κ3) is 4.98. The van der Waals surface area contributed by atoms with Gasteiger partial charge >= 0.3 is 0 Å². The number of nitrogens with zero attached hydrogens (tertiary/aromatic N) is 1. The van der Waals surface area contributed by atoms with Crippen molar-refractivity contribution in [1.82, 2.24) is 0 Å². The summed E-state index contributed by atoms with van der Waals surface area (Å²) in [5, 5.41) is 4.33. The minimum absolute atomic E-state index is 0.841. The molecule has 10 rings (SSSR count). The van der Waals surface area contributed by atoms with E-state index < -0.39 is 0 Å². The van der Waals surface area contributed by atoms with Gasteiger partial charge in [-0.15, -0.1) is 0 Å². The molecule has 3 nitrogen and oxygen atoms in total. The van der Waals surface area contributed by atoms with Crippen LogP contribution >= 0.6 is 0 Å². The van der Waals surface area contributed by atoms with Crippen molar-refractivity contribution in [3.05, 3.63) is 188 Å². The van der Waals surface area contributed by atoms with Crippen LogP contribution in [-0.4, -0.2) is 0 Å². The summed E-state index contributed by atoms with van der Waals surface area (Å²) < 4.78 is 13.3. The molecule has 0 spiro atoms. The van der Waals surface area contributed by atoms with Gasteiger partial charge in [0.05, 0.1) is 11.1 Å². The van der Waals surface area contributed by atoms with Gasteiger partial charge in [0.1, 0.15) is 22.3 Å². The molecule has 0 saturated heterocycles. The molecule has 0 aliphatic heterocycles. The Morgan fingerprint density at radius 2 is 0.882 bits per heavy atom. The molecule has 0 fully saturated rings. The minimum atomic E-state index is 0.841. The van der Waals surface area contributed by atoms with Crippen LogP contribution in [0.1, 0.15) is 0 Å². The molecular formula is C48H31NO2. The Hall–Kier alpha value is -6.84. The zero-order valence-corrected chi connectivity index (χ0v) is 27.7. The lowest BCUT2D eigenvalue weighted by atomic mass is 9.99.